The molecule has 2 heterocycles. The van der Waals surface area contributed by atoms with Crippen LogP contribution >= 0.6 is 0 Å². The van der Waals surface area contributed by atoms with Crippen LogP contribution in [-0.4, -0.2) is 0 Å². The van der Waals surface area contributed by atoms with Crippen LogP contribution in [0.3, 0.4) is 0 Å². The summed E-state index contributed by atoms with van der Waals surface area (Å²) in [6.45, 7) is 4.21. The SMILES string of the molecule is Cc1ccc(-[n+]2ccc(-c3cc[n+](-c4ccc(C)cc4)cc3)cc2)cc1.[Br-].[Br-]. The fraction of sp³-hybridized carbons (Fsp3) is 0.0833. The summed E-state index contributed by atoms with van der Waals surface area (Å²) in [6.07, 6.45) is 8.45. The van der Waals surface area contributed by atoms with Gasteiger partial charge in [-0.1, -0.05) is 35.4 Å². The number of benzene rings is 2. The van der Waals surface area contributed by atoms with Gasteiger partial charge in [0.25, 0.3) is 0 Å². The highest BCUT2D eigenvalue weighted by Crippen LogP contribution is 2.16. The average Bonchev–Trinajstić information content (AvgIpc) is 2.70. The maximum Gasteiger partial charge on any atom is 0.210 e. The van der Waals surface area contributed by atoms with Crippen LogP contribution in [0.25, 0.3) is 22.5 Å². The van der Waals surface area contributed by atoms with E-state index >= 15 is 0 Å². The fourth-order valence-electron chi connectivity index (χ4n) is 3.02. The van der Waals surface area contributed by atoms with Crippen molar-refractivity contribution in [3.05, 3.63) is 109 Å². The average molecular weight is 498 g/mol. The third-order valence-corrected chi connectivity index (χ3v) is 4.66. The molecule has 142 valence electrons. The Morgan fingerprint density at radius 2 is 0.714 bits per heavy atom. The predicted molar refractivity (Wildman–Crippen MR) is 104 cm³/mol. The van der Waals surface area contributed by atoms with E-state index in [1.54, 1.807) is 0 Å². The largest absolute Gasteiger partial charge is 1.00 e. The number of hydrogen-bond acceptors (Lipinski definition) is 0. The number of aromatic nitrogens is 2. The van der Waals surface area contributed by atoms with Gasteiger partial charge in [-0.15, -0.1) is 0 Å². The van der Waals surface area contributed by atoms with Crippen LogP contribution in [0.4, 0.5) is 0 Å². The number of hydrogen-bond donors (Lipinski definition) is 0. The molecule has 0 saturated carbocycles. The summed E-state index contributed by atoms with van der Waals surface area (Å²) < 4.78 is 4.27. The van der Waals surface area contributed by atoms with Gasteiger partial charge in [0.1, 0.15) is 0 Å². The molecule has 0 fully saturated rings. The number of nitrogens with zero attached hydrogens (tertiary/aromatic N) is 2. The molecule has 0 aliphatic heterocycles. The second kappa shape index (κ2) is 9.76. The molecule has 0 amide bonds. The van der Waals surface area contributed by atoms with E-state index in [0.717, 1.165) is 0 Å². The van der Waals surface area contributed by atoms with Gasteiger partial charge in [0.2, 0.25) is 11.4 Å². The lowest BCUT2D eigenvalue weighted by atomic mass is 10.1. The zero-order chi connectivity index (χ0) is 17.9. The predicted octanol–water partition coefficient (Wildman–Crippen LogP) is -1.47. The first-order valence-electron chi connectivity index (χ1n) is 8.86. The minimum absolute atomic E-state index is 0. The summed E-state index contributed by atoms with van der Waals surface area (Å²) in [6, 6.07) is 25.7. The lowest BCUT2D eigenvalue weighted by Gasteiger charge is -2.02. The van der Waals surface area contributed by atoms with Gasteiger partial charge < -0.3 is 34.0 Å². The van der Waals surface area contributed by atoms with Crippen LogP contribution in [0.2, 0.25) is 0 Å². The molecule has 28 heavy (non-hydrogen) atoms. The minimum atomic E-state index is 0. The van der Waals surface area contributed by atoms with Crippen molar-refractivity contribution in [3.8, 4) is 22.5 Å². The zero-order valence-electron chi connectivity index (χ0n) is 15.9. The molecule has 0 unspecified atom stereocenters. The lowest BCUT2D eigenvalue weighted by molar-refractivity contribution is -0.596. The molecule has 0 atom stereocenters. The Bertz CT molecular complexity index is 921. The first kappa shape index (κ1) is 22.0. The Morgan fingerprint density at radius 3 is 1.00 bits per heavy atom. The van der Waals surface area contributed by atoms with Crippen molar-refractivity contribution < 1.29 is 43.1 Å². The van der Waals surface area contributed by atoms with Gasteiger partial charge in [-0.2, -0.15) is 9.13 Å². The topological polar surface area (TPSA) is 7.76 Å². The number of pyridine rings is 2. The van der Waals surface area contributed by atoms with Crippen LogP contribution in [0.5, 0.6) is 0 Å². The standard InChI is InChI=1S/C24H22N2.2BrH/c1-19-3-7-23(8-4-19)25-15-11-21(12-16-25)22-13-17-26(18-14-22)24-9-5-20(2)6-10-24;;/h3-18H,1-2H3;2*1H/q+2;;/p-2. The van der Waals surface area contributed by atoms with E-state index in [9.17, 15) is 0 Å². The number of halogens is 2. The number of aryl methyl sites for hydroxylation is 2. The second-order valence-electron chi connectivity index (χ2n) is 6.66. The molecule has 0 aliphatic carbocycles. The molecular formula is C24H22Br2N2. The van der Waals surface area contributed by atoms with E-state index in [1.165, 1.54) is 33.6 Å². The summed E-state index contributed by atoms with van der Waals surface area (Å²) in [5.74, 6) is 0. The third-order valence-electron chi connectivity index (χ3n) is 4.66. The Morgan fingerprint density at radius 1 is 0.429 bits per heavy atom. The lowest BCUT2D eigenvalue weighted by Crippen LogP contribution is -3.00. The van der Waals surface area contributed by atoms with Gasteiger partial charge in [-0.3, -0.25) is 0 Å². The van der Waals surface area contributed by atoms with Gasteiger partial charge in [-0.25, -0.2) is 0 Å². The highest BCUT2D eigenvalue weighted by atomic mass is 79.9. The van der Waals surface area contributed by atoms with Gasteiger partial charge in [0.15, 0.2) is 24.8 Å². The Labute approximate surface area is 187 Å². The molecule has 0 aliphatic rings. The molecule has 2 aromatic carbocycles. The van der Waals surface area contributed by atoms with Crippen molar-refractivity contribution in [3.63, 3.8) is 0 Å². The summed E-state index contributed by atoms with van der Waals surface area (Å²) in [7, 11) is 0. The minimum Gasteiger partial charge on any atom is -1.00 e. The maximum atomic E-state index is 2.16. The van der Waals surface area contributed by atoms with Gasteiger partial charge in [-0.05, 0) is 25.0 Å². The molecule has 0 radical (unpaired) electrons. The van der Waals surface area contributed by atoms with Gasteiger partial charge >= 0.3 is 0 Å². The Kier molecular flexibility index (Phi) is 7.67. The Balaban J connectivity index is 0.00000140. The highest BCUT2D eigenvalue weighted by Gasteiger charge is 2.09. The van der Waals surface area contributed by atoms with E-state index in [-0.39, 0.29) is 34.0 Å². The van der Waals surface area contributed by atoms with Crippen LogP contribution in [0.15, 0.2) is 97.6 Å². The van der Waals surface area contributed by atoms with Crippen molar-refractivity contribution in [2.24, 2.45) is 0 Å². The van der Waals surface area contributed by atoms with Crippen LogP contribution in [0.1, 0.15) is 11.1 Å². The van der Waals surface area contributed by atoms with E-state index in [2.05, 4.69) is 121 Å². The number of rotatable bonds is 3. The summed E-state index contributed by atoms with van der Waals surface area (Å²) in [4.78, 5) is 0. The van der Waals surface area contributed by atoms with Crippen LogP contribution in [-0.2, 0) is 0 Å². The third kappa shape index (κ3) is 4.94. The molecular weight excluding hydrogens is 476 g/mol. The smallest absolute Gasteiger partial charge is 0.210 e. The van der Waals surface area contributed by atoms with E-state index in [1.807, 2.05) is 0 Å². The van der Waals surface area contributed by atoms with Crippen molar-refractivity contribution in [2.75, 3.05) is 0 Å². The normalized spacial score (nSPS) is 9.93. The molecule has 4 rings (SSSR count). The maximum absolute atomic E-state index is 2.16. The first-order valence-corrected chi connectivity index (χ1v) is 8.86. The molecule has 4 heteroatoms. The summed E-state index contributed by atoms with van der Waals surface area (Å²) >= 11 is 0. The summed E-state index contributed by atoms with van der Waals surface area (Å²) in [5, 5.41) is 0. The molecule has 0 spiro atoms. The summed E-state index contributed by atoms with van der Waals surface area (Å²) in [5.41, 5.74) is 7.32. The monoisotopic (exact) mass is 496 g/mol. The van der Waals surface area contributed by atoms with E-state index in [0.29, 0.717) is 0 Å². The molecule has 4 aromatic rings. The molecule has 2 nitrogen and oxygen atoms in total. The molecule has 0 saturated heterocycles. The van der Waals surface area contributed by atoms with Crippen LogP contribution < -0.4 is 43.1 Å². The highest BCUT2D eigenvalue weighted by molar-refractivity contribution is 5.61. The second-order valence-corrected chi connectivity index (χ2v) is 6.66. The fourth-order valence-corrected chi connectivity index (χ4v) is 3.02. The Hall–Kier alpha value is -2.30. The molecule has 0 N–H and O–H groups in total. The van der Waals surface area contributed by atoms with Gasteiger partial charge in [0.05, 0.1) is 0 Å². The first-order chi connectivity index (χ1) is 12.7. The van der Waals surface area contributed by atoms with Crippen molar-refractivity contribution in [1.29, 1.82) is 0 Å². The van der Waals surface area contributed by atoms with Crippen molar-refractivity contribution in [1.82, 2.24) is 0 Å². The zero-order valence-corrected chi connectivity index (χ0v) is 19.1. The van der Waals surface area contributed by atoms with E-state index < -0.39 is 0 Å². The molecule has 0 bridgehead atoms. The quantitative estimate of drug-likeness (QED) is 0.305. The molecule has 2 aromatic heterocycles. The van der Waals surface area contributed by atoms with Crippen LogP contribution in [0, 0.1) is 13.8 Å². The van der Waals surface area contributed by atoms with E-state index in [4.69, 9.17) is 0 Å². The van der Waals surface area contributed by atoms with Crippen molar-refractivity contribution >= 4 is 0 Å². The van der Waals surface area contributed by atoms with Gasteiger partial charge in [0, 0.05) is 48.5 Å². The van der Waals surface area contributed by atoms with Crippen molar-refractivity contribution in [2.45, 2.75) is 13.8 Å².